The molecule has 194 valence electrons. The molecule has 0 aliphatic carbocycles. The fourth-order valence-corrected chi connectivity index (χ4v) is 5.28. The number of imide groups is 1. The second kappa shape index (κ2) is 11.8. The van der Waals surface area contributed by atoms with E-state index in [2.05, 4.69) is 4.90 Å². The summed E-state index contributed by atoms with van der Waals surface area (Å²) in [5.41, 5.74) is 2.83. The fourth-order valence-electron chi connectivity index (χ4n) is 4.32. The summed E-state index contributed by atoms with van der Waals surface area (Å²) >= 11 is 6.78. The van der Waals surface area contributed by atoms with E-state index in [0.717, 1.165) is 33.5 Å². The van der Waals surface area contributed by atoms with Crippen LogP contribution in [0.25, 0.3) is 6.08 Å². The third kappa shape index (κ3) is 6.20. The van der Waals surface area contributed by atoms with Crippen molar-refractivity contribution in [2.75, 3.05) is 37.6 Å². The van der Waals surface area contributed by atoms with E-state index in [1.54, 1.807) is 17.0 Å². The zero-order valence-corrected chi connectivity index (χ0v) is 22.2. The summed E-state index contributed by atoms with van der Waals surface area (Å²) in [6.07, 6.45) is 1.66. The number of hydrogen-bond donors (Lipinski definition) is 0. The van der Waals surface area contributed by atoms with Gasteiger partial charge in [0.1, 0.15) is 18.9 Å². The molecule has 2 aliphatic rings. The van der Waals surface area contributed by atoms with Gasteiger partial charge in [-0.15, -0.1) is 0 Å². The molecule has 0 N–H and O–H groups in total. The lowest BCUT2D eigenvalue weighted by atomic mass is 10.2. The minimum atomic E-state index is -0.455. The molecule has 5 rings (SSSR count). The molecule has 38 heavy (non-hydrogen) atoms. The first-order valence-electron chi connectivity index (χ1n) is 12.3. The number of halogens is 1. The Hall–Kier alpha value is -3.75. The second-order valence-electron chi connectivity index (χ2n) is 8.96. The van der Waals surface area contributed by atoms with E-state index in [1.165, 1.54) is 0 Å². The van der Waals surface area contributed by atoms with Crippen LogP contribution in [0.1, 0.15) is 11.1 Å². The Bertz CT molecular complexity index is 1360. The molecule has 0 radical (unpaired) electrons. The minimum absolute atomic E-state index is 0.223. The summed E-state index contributed by atoms with van der Waals surface area (Å²) in [6, 6.07) is 24.8. The molecule has 3 amide bonds. The zero-order valence-electron chi connectivity index (χ0n) is 20.6. The number of hydrogen-bond acceptors (Lipinski definition) is 6. The van der Waals surface area contributed by atoms with Gasteiger partial charge in [0.25, 0.3) is 11.1 Å². The van der Waals surface area contributed by atoms with Crippen molar-refractivity contribution in [3.05, 3.63) is 99.9 Å². The molecule has 9 heteroatoms. The van der Waals surface area contributed by atoms with Gasteiger partial charge < -0.3 is 14.5 Å². The normalized spacial score (nSPS) is 16.9. The molecule has 0 saturated carbocycles. The Labute approximate surface area is 230 Å². The third-order valence-electron chi connectivity index (χ3n) is 6.40. The molecular weight excluding hydrogens is 522 g/mol. The van der Waals surface area contributed by atoms with Crippen LogP contribution in [-0.4, -0.2) is 59.6 Å². The highest BCUT2D eigenvalue weighted by atomic mass is 35.5. The van der Waals surface area contributed by atoms with Crippen LogP contribution >= 0.6 is 23.4 Å². The van der Waals surface area contributed by atoms with Gasteiger partial charge in [-0.25, -0.2) is 0 Å². The van der Waals surface area contributed by atoms with Crippen LogP contribution in [0.3, 0.4) is 0 Å². The number of ether oxygens (including phenoxy) is 1. The van der Waals surface area contributed by atoms with E-state index in [0.29, 0.717) is 43.6 Å². The highest BCUT2D eigenvalue weighted by Crippen LogP contribution is 2.33. The summed E-state index contributed by atoms with van der Waals surface area (Å²) < 4.78 is 5.87. The minimum Gasteiger partial charge on any atom is -0.489 e. The van der Waals surface area contributed by atoms with Crippen LogP contribution < -0.4 is 9.64 Å². The summed E-state index contributed by atoms with van der Waals surface area (Å²) in [6.45, 7) is 2.61. The van der Waals surface area contributed by atoms with Crippen LogP contribution in [0, 0.1) is 0 Å². The predicted molar refractivity (Wildman–Crippen MR) is 150 cm³/mol. The van der Waals surface area contributed by atoms with E-state index < -0.39 is 11.1 Å². The second-order valence-corrected chi connectivity index (χ2v) is 10.4. The van der Waals surface area contributed by atoms with Crippen LogP contribution in [0.4, 0.5) is 10.5 Å². The lowest BCUT2D eigenvalue weighted by Crippen LogP contribution is -2.51. The van der Waals surface area contributed by atoms with Crippen molar-refractivity contribution in [2.45, 2.75) is 6.61 Å². The van der Waals surface area contributed by atoms with Gasteiger partial charge in [-0.2, -0.15) is 0 Å². The molecule has 2 heterocycles. The van der Waals surface area contributed by atoms with Gasteiger partial charge in [-0.1, -0.05) is 54.1 Å². The average Bonchev–Trinajstić information content (AvgIpc) is 3.20. The van der Waals surface area contributed by atoms with Crippen LogP contribution in [-0.2, 0) is 16.2 Å². The number of rotatable bonds is 7. The van der Waals surface area contributed by atoms with Crippen LogP contribution in [0.5, 0.6) is 5.75 Å². The maximum absolute atomic E-state index is 13.0. The molecule has 7 nitrogen and oxygen atoms in total. The van der Waals surface area contributed by atoms with Crippen molar-refractivity contribution < 1.29 is 19.1 Å². The monoisotopic (exact) mass is 547 g/mol. The Kier molecular flexibility index (Phi) is 8.00. The number of benzene rings is 3. The van der Waals surface area contributed by atoms with Crippen molar-refractivity contribution in [3.8, 4) is 5.75 Å². The van der Waals surface area contributed by atoms with Crippen molar-refractivity contribution in [2.24, 2.45) is 0 Å². The van der Waals surface area contributed by atoms with Crippen molar-refractivity contribution >= 4 is 52.2 Å². The largest absolute Gasteiger partial charge is 0.489 e. The first kappa shape index (κ1) is 25.9. The maximum Gasteiger partial charge on any atom is 0.294 e. The highest BCUT2D eigenvalue weighted by molar-refractivity contribution is 8.18. The standard InChI is InChI=1S/C29H26ClN3O4S/c30-23-11-9-21(10-12-23)20-37-25-8-4-5-22(17-25)18-26-28(35)33(29(36)38-26)19-27(34)32-15-13-31(14-16-32)24-6-2-1-3-7-24/h1-12,17-18H,13-16,19-20H2/b26-18+. The van der Waals surface area contributed by atoms with Crippen LogP contribution in [0.2, 0.25) is 5.02 Å². The summed E-state index contributed by atoms with van der Waals surface area (Å²) in [4.78, 5) is 43.8. The topological polar surface area (TPSA) is 70.2 Å². The molecule has 2 saturated heterocycles. The number of anilines is 1. The fraction of sp³-hybridized carbons (Fsp3) is 0.207. The first-order chi connectivity index (χ1) is 18.5. The molecular formula is C29H26ClN3O4S. The van der Waals surface area contributed by atoms with Gasteiger partial charge >= 0.3 is 0 Å². The molecule has 3 aromatic carbocycles. The number of nitrogens with zero attached hydrogens (tertiary/aromatic N) is 3. The van der Waals surface area contributed by atoms with Crippen molar-refractivity contribution in [3.63, 3.8) is 0 Å². The number of carbonyl (C=O) groups excluding carboxylic acids is 3. The molecule has 0 unspecified atom stereocenters. The molecule has 0 atom stereocenters. The first-order valence-corrected chi connectivity index (χ1v) is 13.5. The SMILES string of the molecule is O=C(CN1C(=O)S/C(=C/c2cccc(OCc3ccc(Cl)cc3)c2)C1=O)N1CCN(c2ccccc2)CC1. The Morgan fingerprint density at radius 1 is 0.921 bits per heavy atom. The Morgan fingerprint density at radius 3 is 2.39 bits per heavy atom. The van der Waals surface area contributed by atoms with E-state index in [9.17, 15) is 14.4 Å². The van der Waals surface area contributed by atoms with Gasteiger partial charge in [0.05, 0.1) is 4.91 Å². The van der Waals surface area contributed by atoms with Gasteiger partial charge in [-0.05, 0) is 65.4 Å². The average molecular weight is 548 g/mol. The summed E-state index contributed by atoms with van der Waals surface area (Å²) in [5, 5.41) is 0.227. The van der Waals surface area contributed by atoms with Crippen LogP contribution in [0.15, 0.2) is 83.8 Å². The van der Waals surface area contributed by atoms with E-state index in [-0.39, 0.29) is 17.4 Å². The molecule has 0 spiro atoms. The summed E-state index contributed by atoms with van der Waals surface area (Å²) in [5.74, 6) is -0.0413. The van der Waals surface area contributed by atoms with Crippen molar-refractivity contribution in [1.29, 1.82) is 0 Å². The molecule has 0 aromatic heterocycles. The molecule has 2 fully saturated rings. The van der Waals surface area contributed by atoms with Gasteiger partial charge in [0.2, 0.25) is 5.91 Å². The van der Waals surface area contributed by atoms with E-state index >= 15 is 0 Å². The number of amides is 3. The lowest BCUT2D eigenvalue weighted by molar-refractivity contribution is -0.136. The van der Waals surface area contributed by atoms with Gasteiger partial charge in [-0.3, -0.25) is 19.3 Å². The highest BCUT2D eigenvalue weighted by Gasteiger charge is 2.37. The molecule has 0 bridgehead atoms. The molecule has 3 aromatic rings. The Morgan fingerprint density at radius 2 is 1.66 bits per heavy atom. The van der Waals surface area contributed by atoms with Gasteiger partial charge in [0, 0.05) is 36.9 Å². The molecule has 2 aliphatic heterocycles. The summed E-state index contributed by atoms with van der Waals surface area (Å²) in [7, 11) is 0. The number of piperazine rings is 1. The van der Waals surface area contributed by atoms with Crippen molar-refractivity contribution in [1.82, 2.24) is 9.80 Å². The quantitative estimate of drug-likeness (QED) is 0.374. The number of carbonyl (C=O) groups is 3. The van der Waals surface area contributed by atoms with E-state index in [4.69, 9.17) is 16.3 Å². The predicted octanol–water partition coefficient (Wildman–Crippen LogP) is 5.30. The zero-order chi connectivity index (χ0) is 26.5. The lowest BCUT2D eigenvalue weighted by Gasteiger charge is -2.36. The van der Waals surface area contributed by atoms with Gasteiger partial charge in [0.15, 0.2) is 0 Å². The number of para-hydroxylation sites is 1. The Balaban J connectivity index is 1.17. The van der Waals surface area contributed by atoms with E-state index in [1.807, 2.05) is 72.8 Å². The third-order valence-corrected chi connectivity index (χ3v) is 7.55. The number of thioether (sulfide) groups is 1. The smallest absolute Gasteiger partial charge is 0.294 e. The maximum atomic E-state index is 13.0.